The van der Waals surface area contributed by atoms with Crippen LogP contribution in [0.1, 0.15) is 52.5 Å². The summed E-state index contributed by atoms with van der Waals surface area (Å²) in [5, 5.41) is 9.56. The number of halogens is 1. The molecule has 3 nitrogen and oxygen atoms in total. The van der Waals surface area contributed by atoms with Crippen LogP contribution < -0.4 is 4.90 Å². The Bertz CT molecular complexity index is 551. The van der Waals surface area contributed by atoms with E-state index in [9.17, 15) is 14.3 Å². The molecule has 0 fully saturated rings. The molecule has 110 valence electrons. The summed E-state index contributed by atoms with van der Waals surface area (Å²) in [6.45, 7) is 9.53. The van der Waals surface area contributed by atoms with Crippen LogP contribution in [0.25, 0.3) is 0 Å². The first-order valence-corrected chi connectivity index (χ1v) is 6.90. The molecule has 0 unspecified atom stereocenters. The van der Waals surface area contributed by atoms with Crippen molar-refractivity contribution in [3.8, 4) is 0 Å². The molecule has 1 aliphatic rings. The third-order valence-corrected chi connectivity index (χ3v) is 4.25. The molecule has 0 aromatic heterocycles. The van der Waals surface area contributed by atoms with Gasteiger partial charge in [-0.05, 0) is 63.8 Å². The van der Waals surface area contributed by atoms with Gasteiger partial charge in [0.15, 0.2) is 0 Å². The molecule has 20 heavy (non-hydrogen) atoms. The molecule has 1 heterocycles. The van der Waals surface area contributed by atoms with E-state index in [1.165, 1.54) is 12.1 Å². The third-order valence-electron chi connectivity index (χ3n) is 4.25. The fourth-order valence-electron chi connectivity index (χ4n) is 3.55. The Morgan fingerprint density at radius 3 is 2.60 bits per heavy atom. The first kappa shape index (κ1) is 14.8. The second-order valence-corrected chi connectivity index (χ2v) is 6.82. The van der Waals surface area contributed by atoms with Gasteiger partial charge in [0, 0.05) is 11.2 Å². The summed E-state index contributed by atoms with van der Waals surface area (Å²) >= 11 is 0. The molecule has 0 saturated carbocycles. The van der Waals surface area contributed by atoms with Crippen LogP contribution in [-0.2, 0) is 4.79 Å². The van der Waals surface area contributed by atoms with Gasteiger partial charge < -0.3 is 10.0 Å². The number of hydrogen-bond acceptors (Lipinski definition) is 2. The number of carboxylic acids is 1. The molecule has 0 saturated heterocycles. The van der Waals surface area contributed by atoms with Crippen molar-refractivity contribution in [1.82, 2.24) is 0 Å². The Balaban J connectivity index is 2.66. The Hall–Kier alpha value is -1.58. The lowest BCUT2D eigenvalue weighted by atomic mass is 9.77. The van der Waals surface area contributed by atoms with E-state index in [-0.39, 0.29) is 17.3 Å². The SMILES string of the molecule is C[C@H]1CC(C)(C)N(C(C)(C)C(=O)O)c2ccc(F)cc21. The number of carboxylic acid groups (broad SMARTS) is 1. The zero-order valence-electron chi connectivity index (χ0n) is 12.7. The number of hydrogen-bond donors (Lipinski definition) is 1. The minimum absolute atomic E-state index is 0.205. The average molecular weight is 279 g/mol. The number of carbonyl (C=O) groups is 1. The van der Waals surface area contributed by atoms with E-state index in [1.54, 1.807) is 19.9 Å². The van der Waals surface area contributed by atoms with Crippen molar-refractivity contribution < 1.29 is 14.3 Å². The normalized spacial score (nSPS) is 21.5. The van der Waals surface area contributed by atoms with Crippen molar-refractivity contribution in [2.45, 2.75) is 58.0 Å². The predicted octanol–water partition coefficient (Wildman–Crippen LogP) is 3.78. The van der Waals surface area contributed by atoms with Crippen molar-refractivity contribution in [3.05, 3.63) is 29.6 Å². The minimum Gasteiger partial charge on any atom is -0.480 e. The molecule has 2 rings (SSSR count). The highest BCUT2D eigenvalue weighted by Crippen LogP contribution is 2.46. The van der Waals surface area contributed by atoms with Gasteiger partial charge in [-0.15, -0.1) is 0 Å². The Morgan fingerprint density at radius 1 is 1.45 bits per heavy atom. The topological polar surface area (TPSA) is 40.5 Å². The lowest BCUT2D eigenvalue weighted by Crippen LogP contribution is -2.61. The van der Waals surface area contributed by atoms with Gasteiger partial charge in [0.25, 0.3) is 0 Å². The second kappa shape index (κ2) is 4.47. The lowest BCUT2D eigenvalue weighted by Gasteiger charge is -2.53. The van der Waals surface area contributed by atoms with Gasteiger partial charge in [-0.2, -0.15) is 0 Å². The van der Waals surface area contributed by atoms with Crippen molar-refractivity contribution >= 4 is 11.7 Å². The van der Waals surface area contributed by atoms with E-state index in [2.05, 4.69) is 6.92 Å². The van der Waals surface area contributed by atoms with Crippen molar-refractivity contribution in [1.29, 1.82) is 0 Å². The summed E-state index contributed by atoms with van der Waals surface area (Å²) in [6, 6.07) is 4.63. The highest BCUT2D eigenvalue weighted by Gasteiger charge is 2.47. The van der Waals surface area contributed by atoms with E-state index in [0.717, 1.165) is 17.7 Å². The molecular formula is C16H22FNO2. The van der Waals surface area contributed by atoms with Gasteiger partial charge in [0.05, 0.1) is 0 Å². The summed E-state index contributed by atoms with van der Waals surface area (Å²) < 4.78 is 13.5. The summed E-state index contributed by atoms with van der Waals surface area (Å²) in [5.41, 5.74) is 0.365. The van der Waals surface area contributed by atoms with Crippen molar-refractivity contribution in [2.24, 2.45) is 0 Å². The first-order valence-electron chi connectivity index (χ1n) is 6.90. The molecule has 1 atom stereocenters. The molecule has 0 spiro atoms. The Labute approximate surface area is 119 Å². The van der Waals surface area contributed by atoms with Crippen LogP contribution >= 0.6 is 0 Å². The Morgan fingerprint density at radius 2 is 2.05 bits per heavy atom. The van der Waals surface area contributed by atoms with E-state index in [0.29, 0.717) is 0 Å². The number of nitrogens with zero attached hydrogens (tertiary/aromatic N) is 1. The monoisotopic (exact) mass is 279 g/mol. The smallest absolute Gasteiger partial charge is 0.328 e. The molecule has 0 aliphatic carbocycles. The van der Waals surface area contributed by atoms with Crippen LogP contribution in [-0.4, -0.2) is 22.2 Å². The van der Waals surface area contributed by atoms with Crippen LogP contribution in [0.3, 0.4) is 0 Å². The standard InChI is InChI=1S/C16H22FNO2/c1-10-9-15(2,3)18(16(4,5)14(19)20)13-7-6-11(17)8-12(10)13/h6-8,10H,9H2,1-5H3,(H,19,20)/t10-/m0/s1. The number of rotatable bonds is 2. The highest BCUT2D eigenvalue weighted by molar-refractivity contribution is 5.84. The van der Waals surface area contributed by atoms with Crippen LogP contribution in [0.4, 0.5) is 10.1 Å². The summed E-state index contributed by atoms with van der Waals surface area (Å²) in [4.78, 5) is 13.6. The van der Waals surface area contributed by atoms with Gasteiger partial charge in [0.2, 0.25) is 0 Å². The van der Waals surface area contributed by atoms with E-state index < -0.39 is 11.5 Å². The molecule has 1 aromatic carbocycles. The van der Waals surface area contributed by atoms with E-state index >= 15 is 0 Å². The van der Waals surface area contributed by atoms with Crippen molar-refractivity contribution in [3.63, 3.8) is 0 Å². The summed E-state index contributed by atoms with van der Waals surface area (Å²) in [7, 11) is 0. The van der Waals surface area contributed by atoms with Crippen LogP contribution in [0.15, 0.2) is 18.2 Å². The van der Waals surface area contributed by atoms with Crippen LogP contribution in [0.5, 0.6) is 0 Å². The van der Waals surface area contributed by atoms with Crippen LogP contribution in [0.2, 0.25) is 0 Å². The van der Waals surface area contributed by atoms with Gasteiger partial charge in [-0.25, -0.2) is 9.18 Å². The van der Waals surface area contributed by atoms with Crippen molar-refractivity contribution in [2.75, 3.05) is 4.90 Å². The molecular weight excluding hydrogens is 257 g/mol. The van der Waals surface area contributed by atoms with Gasteiger partial charge in [0.1, 0.15) is 11.4 Å². The van der Waals surface area contributed by atoms with Gasteiger partial charge in [-0.1, -0.05) is 6.92 Å². The first-order chi connectivity index (χ1) is 9.07. The van der Waals surface area contributed by atoms with Gasteiger partial charge in [-0.3, -0.25) is 0 Å². The molecule has 0 bridgehead atoms. The maximum Gasteiger partial charge on any atom is 0.328 e. The zero-order valence-corrected chi connectivity index (χ0v) is 12.7. The predicted molar refractivity (Wildman–Crippen MR) is 77.7 cm³/mol. The minimum atomic E-state index is -1.05. The zero-order chi connectivity index (χ0) is 15.3. The fraction of sp³-hybridized carbons (Fsp3) is 0.562. The molecule has 1 N–H and O–H groups in total. The van der Waals surface area contributed by atoms with E-state index in [1.807, 2.05) is 18.7 Å². The van der Waals surface area contributed by atoms with Gasteiger partial charge >= 0.3 is 5.97 Å². The number of benzene rings is 1. The molecule has 1 aliphatic heterocycles. The number of aliphatic carboxylic acids is 1. The average Bonchev–Trinajstić information content (AvgIpc) is 2.28. The molecule has 0 radical (unpaired) electrons. The maximum atomic E-state index is 13.5. The third kappa shape index (κ3) is 2.17. The number of anilines is 1. The second-order valence-electron chi connectivity index (χ2n) is 6.82. The maximum absolute atomic E-state index is 13.5. The largest absolute Gasteiger partial charge is 0.480 e. The molecule has 1 aromatic rings. The summed E-state index contributed by atoms with van der Waals surface area (Å²) in [5.74, 6) is -0.949. The molecule has 0 amide bonds. The van der Waals surface area contributed by atoms with Crippen LogP contribution in [0, 0.1) is 5.82 Å². The highest BCUT2D eigenvalue weighted by atomic mass is 19.1. The Kier molecular flexibility index (Phi) is 3.31. The lowest BCUT2D eigenvalue weighted by molar-refractivity contribution is -0.142. The fourth-order valence-corrected chi connectivity index (χ4v) is 3.55. The number of fused-ring (bicyclic) bond motifs is 1. The molecule has 4 heteroatoms. The quantitative estimate of drug-likeness (QED) is 0.895. The summed E-state index contributed by atoms with van der Waals surface area (Å²) in [6.07, 6.45) is 0.792. The van der Waals surface area contributed by atoms with E-state index in [4.69, 9.17) is 0 Å².